The molecule has 192 valence electrons. The van der Waals surface area contributed by atoms with Crippen LogP contribution in [0.25, 0.3) is 0 Å². The first-order valence-electron chi connectivity index (χ1n) is 13.0. The van der Waals surface area contributed by atoms with Crippen molar-refractivity contribution in [1.82, 2.24) is 10.2 Å². The van der Waals surface area contributed by atoms with Gasteiger partial charge in [-0.3, -0.25) is 14.4 Å². The third-order valence-electron chi connectivity index (χ3n) is 8.59. The zero-order valence-corrected chi connectivity index (χ0v) is 23.0. The van der Waals surface area contributed by atoms with Crippen LogP contribution in [0.15, 0.2) is 24.3 Å². The molecule has 1 aromatic carbocycles. The summed E-state index contributed by atoms with van der Waals surface area (Å²) >= 11 is 0. The average molecular weight is 501 g/mol. The largest absolute Gasteiger partial charge is 0.467 e. The van der Waals surface area contributed by atoms with Gasteiger partial charge in [-0.15, -0.1) is 0 Å². The minimum Gasteiger partial charge on any atom is -0.467 e. The number of rotatable bonds is 6. The van der Waals surface area contributed by atoms with E-state index in [2.05, 4.69) is 39.2 Å². The fourth-order valence-electron chi connectivity index (χ4n) is 5.26. The van der Waals surface area contributed by atoms with Crippen LogP contribution in [0.2, 0.25) is 18.1 Å². The molecule has 3 amide bonds. The van der Waals surface area contributed by atoms with Crippen molar-refractivity contribution in [2.75, 3.05) is 6.61 Å². The van der Waals surface area contributed by atoms with E-state index in [1.807, 2.05) is 13.0 Å². The van der Waals surface area contributed by atoms with E-state index in [0.29, 0.717) is 37.2 Å². The number of ether oxygens (including phenoxy) is 1. The maximum atomic E-state index is 13.9. The number of amides is 3. The van der Waals surface area contributed by atoms with E-state index in [-0.39, 0.29) is 34.7 Å². The second-order valence-corrected chi connectivity index (χ2v) is 16.7. The van der Waals surface area contributed by atoms with Crippen LogP contribution in [0.1, 0.15) is 76.6 Å². The topological polar surface area (TPSA) is 84.9 Å². The lowest BCUT2D eigenvalue weighted by atomic mass is 9.78. The lowest BCUT2D eigenvalue weighted by molar-refractivity contribution is -0.161. The molecular weight excluding hydrogens is 460 g/mol. The summed E-state index contributed by atoms with van der Waals surface area (Å²) in [6.45, 7) is 13.3. The van der Waals surface area contributed by atoms with Gasteiger partial charge in [-0.05, 0) is 49.5 Å². The van der Waals surface area contributed by atoms with Crippen molar-refractivity contribution in [2.24, 2.45) is 11.8 Å². The Labute approximate surface area is 210 Å². The Balaban J connectivity index is 1.50. The number of fused-ring (bicyclic) bond motifs is 1. The Kier molecular flexibility index (Phi) is 6.92. The van der Waals surface area contributed by atoms with Gasteiger partial charge in [-0.2, -0.15) is 0 Å². The van der Waals surface area contributed by atoms with Crippen LogP contribution in [0.5, 0.6) is 5.75 Å². The van der Waals surface area contributed by atoms with E-state index < -0.39 is 20.0 Å². The van der Waals surface area contributed by atoms with Crippen molar-refractivity contribution < 1.29 is 23.5 Å². The summed E-state index contributed by atoms with van der Waals surface area (Å²) in [6, 6.07) is 6.84. The Hall–Kier alpha value is -2.19. The number of benzene rings is 1. The van der Waals surface area contributed by atoms with Gasteiger partial charge in [-0.1, -0.05) is 46.2 Å². The molecule has 0 bridgehead atoms. The van der Waals surface area contributed by atoms with Gasteiger partial charge in [0.2, 0.25) is 11.8 Å². The maximum Gasteiger partial charge on any atom is 0.267 e. The summed E-state index contributed by atoms with van der Waals surface area (Å²) in [5.41, 5.74) is -0.523. The lowest BCUT2D eigenvalue weighted by Crippen LogP contribution is -2.67. The van der Waals surface area contributed by atoms with Crippen LogP contribution in [-0.2, 0) is 14.0 Å². The first kappa shape index (κ1) is 25.9. The lowest BCUT2D eigenvalue weighted by Gasteiger charge is -2.50. The number of carbonyl (C=O) groups is 3. The second-order valence-electron chi connectivity index (χ2n) is 11.9. The van der Waals surface area contributed by atoms with E-state index in [4.69, 9.17) is 9.16 Å². The summed E-state index contributed by atoms with van der Waals surface area (Å²) in [4.78, 5) is 41.3. The zero-order valence-electron chi connectivity index (χ0n) is 22.0. The van der Waals surface area contributed by atoms with E-state index in [9.17, 15) is 14.4 Å². The predicted molar refractivity (Wildman–Crippen MR) is 136 cm³/mol. The van der Waals surface area contributed by atoms with E-state index in [0.717, 1.165) is 19.3 Å². The number of carbonyl (C=O) groups excluding carboxylic acids is 3. The molecule has 2 heterocycles. The molecule has 4 rings (SSSR count). The summed E-state index contributed by atoms with van der Waals surface area (Å²) in [7, 11) is -1.92. The molecule has 1 aromatic rings. The summed E-state index contributed by atoms with van der Waals surface area (Å²) in [5, 5.41) is 3.03. The van der Waals surface area contributed by atoms with Gasteiger partial charge in [0.1, 0.15) is 5.75 Å². The molecule has 2 aliphatic heterocycles. The number of β-lactam (4-membered cyclic amide) rings is 1. The highest BCUT2D eigenvalue weighted by Crippen LogP contribution is 2.43. The SMILES string of the molecule is CC(C(=O)N1C(=O)c2ccccc2OC12CCCCC2)[C@H]1NC(=O)[C@H]1CCO[Si](C)(C)C(C)(C)C. The molecule has 35 heavy (non-hydrogen) atoms. The first-order chi connectivity index (χ1) is 16.4. The number of hydrogen-bond acceptors (Lipinski definition) is 5. The molecule has 7 nitrogen and oxygen atoms in total. The number of imide groups is 1. The Morgan fingerprint density at radius 3 is 2.49 bits per heavy atom. The quantitative estimate of drug-likeness (QED) is 0.445. The second kappa shape index (κ2) is 9.35. The Morgan fingerprint density at radius 1 is 1.20 bits per heavy atom. The molecule has 1 N–H and O–H groups in total. The molecule has 3 aliphatic rings. The van der Waals surface area contributed by atoms with Crippen LogP contribution < -0.4 is 10.1 Å². The summed E-state index contributed by atoms with van der Waals surface area (Å²) < 4.78 is 12.7. The van der Waals surface area contributed by atoms with Crippen LogP contribution >= 0.6 is 0 Å². The van der Waals surface area contributed by atoms with Crippen molar-refractivity contribution in [3.05, 3.63) is 29.8 Å². The number of nitrogens with zero attached hydrogens (tertiary/aromatic N) is 1. The van der Waals surface area contributed by atoms with Crippen molar-refractivity contribution >= 4 is 26.0 Å². The molecule has 1 unspecified atom stereocenters. The molecule has 0 aromatic heterocycles. The van der Waals surface area contributed by atoms with Crippen LogP contribution in [0.3, 0.4) is 0 Å². The maximum absolute atomic E-state index is 13.9. The molecule has 1 spiro atoms. The predicted octanol–water partition coefficient (Wildman–Crippen LogP) is 4.87. The van der Waals surface area contributed by atoms with E-state index in [1.165, 1.54) is 4.90 Å². The minimum absolute atomic E-state index is 0.0487. The van der Waals surface area contributed by atoms with Gasteiger partial charge < -0.3 is 14.5 Å². The summed E-state index contributed by atoms with van der Waals surface area (Å²) in [5.74, 6) is -0.904. The molecule has 1 saturated heterocycles. The molecule has 3 atom stereocenters. The highest BCUT2D eigenvalue weighted by Gasteiger charge is 2.54. The van der Waals surface area contributed by atoms with E-state index >= 15 is 0 Å². The van der Waals surface area contributed by atoms with E-state index in [1.54, 1.807) is 18.2 Å². The van der Waals surface area contributed by atoms with Crippen molar-refractivity contribution in [1.29, 1.82) is 0 Å². The molecule has 1 aliphatic carbocycles. The highest BCUT2D eigenvalue weighted by molar-refractivity contribution is 6.74. The van der Waals surface area contributed by atoms with Crippen molar-refractivity contribution in [3.63, 3.8) is 0 Å². The third-order valence-corrected chi connectivity index (χ3v) is 13.1. The molecule has 2 fully saturated rings. The molecule has 8 heteroatoms. The van der Waals surface area contributed by atoms with Gasteiger partial charge in [0.25, 0.3) is 5.91 Å². The van der Waals surface area contributed by atoms with Crippen LogP contribution in [0.4, 0.5) is 0 Å². The van der Waals surface area contributed by atoms with Gasteiger partial charge in [0.05, 0.1) is 23.4 Å². The summed E-state index contributed by atoms with van der Waals surface area (Å²) in [6.07, 6.45) is 4.70. The fourth-order valence-corrected chi connectivity index (χ4v) is 6.32. The molecular formula is C27H40N2O5Si. The van der Waals surface area contributed by atoms with Crippen molar-refractivity contribution in [3.8, 4) is 5.75 Å². The fraction of sp³-hybridized carbons (Fsp3) is 0.667. The van der Waals surface area contributed by atoms with Crippen molar-refractivity contribution in [2.45, 2.75) is 96.1 Å². The average Bonchev–Trinajstić information content (AvgIpc) is 2.79. The number of nitrogens with one attached hydrogen (secondary N) is 1. The minimum atomic E-state index is -1.92. The van der Waals surface area contributed by atoms with Gasteiger partial charge in [0, 0.05) is 19.4 Å². The normalized spacial score (nSPS) is 24.8. The van der Waals surface area contributed by atoms with Crippen LogP contribution in [-0.4, -0.2) is 49.3 Å². The Morgan fingerprint density at radius 2 is 1.86 bits per heavy atom. The monoisotopic (exact) mass is 500 g/mol. The third kappa shape index (κ3) is 4.67. The standard InChI is InChI=1S/C27H40N2O5Si/c1-18(22-20(23(30)28-22)14-17-33-35(5,6)26(2,3)4)24(31)29-25(32)19-12-8-9-13-21(19)34-27(29)15-10-7-11-16-27/h8-9,12-13,18,20,22H,7,10-11,14-17H2,1-6H3,(H,28,30)/t18?,20-,22+/m0/s1. The smallest absolute Gasteiger partial charge is 0.267 e. The van der Waals surface area contributed by atoms with Gasteiger partial charge in [0.15, 0.2) is 14.0 Å². The van der Waals surface area contributed by atoms with Crippen LogP contribution in [0, 0.1) is 11.8 Å². The van der Waals surface area contributed by atoms with Gasteiger partial charge >= 0.3 is 0 Å². The highest BCUT2D eigenvalue weighted by atomic mass is 28.4. The number of hydrogen-bond donors (Lipinski definition) is 1. The van der Waals surface area contributed by atoms with Gasteiger partial charge in [-0.25, -0.2) is 4.90 Å². The molecule has 0 radical (unpaired) electrons. The number of para-hydroxylation sites is 1. The zero-order chi connectivity index (χ0) is 25.6. The molecule has 1 saturated carbocycles. The first-order valence-corrected chi connectivity index (χ1v) is 15.9. The Bertz CT molecular complexity index is 996.